The van der Waals surface area contributed by atoms with Crippen molar-refractivity contribution in [3.8, 4) is 22.8 Å². The Morgan fingerprint density at radius 1 is 1.09 bits per heavy atom. The zero-order chi connectivity index (χ0) is 24.2. The average Bonchev–Trinajstić information content (AvgIpc) is 3.52. The Hall–Kier alpha value is -3.86. The highest BCUT2D eigenvalue weighted by Gasteiger charge is 2.27. The van der Waals surface area contributed by atoms with Crippen molar-refractivity contribution in [2.24, 2.45) is 5.92 Å². The second-order valence-corrected chi connectivity index (χ2v) is 9.52. The molecule has 1 fully saturated rings. The standard InChI is InChI=1S/C30H33N5/c1-21-9-11-25(12-10-21)29-32-30(34-33-29)26-13-15-28(16-14-26)31-23(3)27-19-22(2)35(20-27)18-17-24-7-5-4-6-8-24/h5,7-16,27,31H,2-4,6,17-20H2,1H3,(H,32,33,34). The number of nitrogens with one attached hydrogen (secondary N) is 2. The van der Waals surface area contributed by atoms with Crippen LogP contribution in [0.5, 0.6) is 0 Å². The van der Waals surface area contributed by atoms with E-state index in [-0.39, 0.29) is 0 Å². The first-order valence-electron chi connectivity index (χ1n) is 12.4. The number of benzene rings is 2. The van der Waals surface area contributed by atoms with E-state index >= 15 is 0 Å². The molecule has 1 atom stereocenters. The Kier molecular flexibility index (Phi) is 6.66. The largest absolute Gasteiger partial charge is 0.374 e. The van der Waals surface area contributed by atoms with Gasteiger partial charge in [-0.05, 0) is 56.9 Å². The summed E-state index contributed by atoms with van der Waals surface area (Å²) in [4.78, 5) is 7.09. The van der Waals surface area contributed by atoms with Gasteiger partial charge in [0, 0.05) is 47.2 Å². The van der Waals surface area contributed by atoms with Gasteiger partial charge in [-0.2, -0.15) is 5.10 Å². The molecule has 0 bridgehead atoms. The first kappa shape index (κ1) is 22.9. The molecule has 1 aliphatic carbocycles. The van der Waals surface area contributed by atoms with E-state index < -0.39 is 0 Å². The second kappa shape index (κ2) is 10.2. The van der Waals surface area contributed by atoms with Crippen LogP contribution in [0.25, 0.3) is 22.8 Å². The van der Waals surface area contributed by atoms with Crippen LogP contribution >= 0.6 is 0 Å². The average molecular weight is 464 g/mol. The molecule has 0 spiro atoms. The number of anilines is 1. The lowest BCUT2D eigenvalue weighted by molar-refractivity contribution is 0.382. The highest BCUT2D eigenvalue weighted by molar-refractivity contribution is 5.64. The zero-order valence-corrected chi connectivity index (χ0v) is 20.4. The van der Waals surface area contributed by atoms with Gasteiger partial charge in [0.2, 0.25) is 0 Å². The molecule has 2 heterocycles. The minimum Gasteiger partial charge on any atom is -0.374 e. The van der Waals surface area contributed by atoms with E-state index in [0.29, 0.717) is 11.7 Å². The molecule has 35 heavy (non-hydrogen) atoms. The maximum Gasteiger partial charge on any atom is 0.181 e. The van der Waals surface area contributed by atoms with Gasteiger partial charge in [0.15, 0.2) is 11.6 Å². The molecular weight excluding hydrogens is 430 g/mol. The van der Waals surface area contributed by atoms with Gasteiger partial charge in [-0.3, -0.25) is 5.10 Å². The molecule has 2 N–H and O–H groups in total. The van der Waals surface area contributed by atoms with Crippen molar-refractivity contribution in [3.05, 3.63) is 102 Å². The van der Waals surface area contributed by atoms with E-state index in [1.807, 2.05) is 12.1 Å². The number of aryl methyl sites for hydroxylation is 1. The quantitative estimate of drug-likeness (QED) is 0.382. The summed E-state index contributed by atoms with van der Waals surface area (Å²) in [7, 11) is 0. The van der Waals surface area contributed by atoms with E-state index in [9.17, 15) is 0 Å². The number of hydrogen-bond acceptors (Lipinski definition) is 4. The molecule has 5 heteroatoms. The van der Waals surface area contributed by atoms with Gasteiger partial charge in [0.05, 0.1) is 0 Å². The minimum absolute atomic E-state index is 0.364. The van der Waals surface area contributed by atoms with Crippen molar-refractivity contribution in [2.45, 2.75) is 32.6 Å². The maximum absolute atomic E-state index is 4.67. The predicted octanol–water partition coefficient (Wildman–Crippen LogP) is 6.87. The second-order valence-electron chi connectivity index (χ2n) is 9.52. The lowest BCUT2D eigenvalue weighted by atomic mass is 10.0. The molecule has 1 aliphatic heterocycles. The van der Waals surface area contributed by atoms with E-state index in [1.165, 1.54) is 29.7 Å². The molecule has 0 radical (unpaired) electrons. The summed E-state index contributed by atoms with van der Waals surface area (Å²) in [6.45, 7) is 12.7. The third-order valence-corrected chi connectivity index (χ3v) is 6.86. The predicted molar refractivity (Wildman–Crippen MR) is 145 cm³/mol. The van der Waals surface area contributed by atoms with Crippen LogP contribution in [0, 0.1) is 12.8 Å². The Morgan fingerprint density at radius 2 is 1.86 bits per heavy atom. The first-order chi connectivity index (χ1) is 17.0. The summed E-state index contributed by atoms with van der Waals surface area (Å²) in [6.07, 6.45) is 11.3. The third-order valence-electron chi connectivity index (χ3n) is 6.86. The van der Waals surface area contributed by atoms with Crippen molar-refractivity contribution in [1.29, 1.82) is 0 Å². The summed E-state index contributed by atoms with van der Waals surface area (Å²) in [5.74, 6) is 1.83. The fourth-order valence-electron chi connectivity index (χ4n) is 4.69. The summed E-state index contributed by atoms with van der Waals surface area (Å²) in [6, 6.07) is 16.5. The van der Waals surface area contributed by atoms with Crippen LogP contribution < -0.4 is 5.32 Å². The maximum atomic E-state index is 4.67. The number of aromatic nitrogens is 3. The van der Waals surface area contributed by atoms with Crippen molar-refractivity contribution < 1.29 is 0 Å². The number of nitrogens with zero attached hydrogens (tertiary/aromatic N) is 3. The fraction of sp³-hybridized carbons (Fsp3) is 0.267. The zero-order valence-electron chi connectivity index (χ0n) is 20.4. The Bertz CT molecular complexity index is 1260. The third kappa shape index (κ3) is 5.46. The lowest BCUT2D eigenvalue weighted by Crippen LogP contribution is -2.22. The highest BCUT2D eigenvalue weighted by atomic mass is 15.2. The molecule has 2 aromatic carbocycles. The van der Waals surface area contributed by atoms with Gasteiger partial charge >= 0.3 is 0 Å². The van der Waals surface area contributed by atoms with Crippen LogP contribution in [0.4, 0.5) is 5.69 Å². The molecule has 3 aromatic rings. The van der Waals surface area contributed by atoms with Crippen molar-refractivity contribution in [3.63, 3.8) is 0 Å². The van der Waals surface area contributed by atoms with Crippen LogP contribution in [-0.4, -0.2) is 33.2 Å². The number of allylic oxidation sites excluding steroid dienone is 4. The Balaban J connectivity index is 1.16. The number of hydrogen-bond donors (Lipinski definition) is 2. The monoisotopic (exact) mass is 463 g/mol. The Morgan fingerprint density at radius 3 is 2.60 bits per heavy atom. The van der Waals surface area contributed by atoms with Crippen LogP contribution in [0.2, 0.25) is 0 Å². The molecule has 2 aliphatic rings. The fourth-order valence-corrected chi connectivity index (χ4v) is 4.69. The summed E-state index contributed by atoms with van der Waals surface area (Å²) in [5, 5.41) is 11.0. The van der Waals surface area contributed by atoms with E-state index in [4.69, 9.17) is 0 Å². The first-order valence-corrected chi connectivity index (χ1v) is 12.4. The molecule has 0 amide bonds. The SMILES string of the molecule is C=C(Nc1ccc(-c2n[nH]c(-c3ccc(C)cc3)n2)cc1)C1CC(=C)N(CCC2=CCCC=C2)C1. The Labute approximate surface area is 208 Å². The molecule has 1 unspecified atom stereocenters. The van der Waals surface area contributed by atoms with Crippen LogP contribution in [0.3, 0.4) is 0 Å². The summed E-state index contributed by atoms with van der Waals surface area (Å²) >= 11 is 0. The van der Waals surface area contributed by atoms with Crippen molar-refractivity contribution >= 4 is 5.69 Å². The number of aromatic amines is 1. The van der Waals surface area contributed by atoms with Crippen LogP contribution in [0.15, 0.2) is 96.9 Å². The lowest BCUT2D eigenvalue weighted by Gasteiger charge is -2.21. The molecule has 1 saturated heterocycles. The minimum atomic E-state index is 0.364. The van der Waals surface area contributed by atoms with E-state index in [0.717, 1.165) is 54.3 Å². The normalized spacial score (nSPS) is 17.5. The molecule has 5 nitrogen and oxygen atoms in total. The summed E-state index contributed by atoms with van der Waals surface area (Å²) in [5.41, 5.74) is 7.95. The van der Waals surface area contributed by atoms with Gasteiger partial charge in [0.25, 0.3) is 0 Å². The molecular formula is C30H33N5. The molecule has 0 saturated carbocycles. The highest BCUT2D eigenvalue weighted by Crippen LogP contribution is 2.31. The van der Waals surface area contributed by atoms with Gasteiger partial charge in [-0.1, -0.05) is 66.8 Å². The van der Waals surface area contributed by atoms with Crippen molar-refractivity contribution in [2.75, 3.05) is 18.4 Å². The molecule has 1 aromatic heterocycles. The van der Waals surface area contributed by atoms with E-state index in [2.05, 4.69) is 100 Å². The van der Waals surface area contributed by atoms with Crippen LogP contribution in [-0.2, 0) is 0 Å². The van der Waals surface area contributed by atoms with E-state index in [1.54, 1.807) is 0 Å². The van der Waals surface area contributed by atoms with Crippen molar-refractivity contribution in [1.82, 2.24) is 20.1 Å². The smallest absolute Gasteiger partial charge is 0.181 e. The van der Waals surface area contributed by atoms with Gasteiger partial charge in [-0.15, -0.1) is 0 Å². The molecule has 5 rings (SSSR count). The number of rotatable bonds is 8. The number of H-pyrrole nitrogens is 1. The number of likely N-dealkylation sites (tertiary alicyclic amines) is 1. The summed E-state index contributed by atoms with van der Waals surface area (Å²) < 4.78 is 0. The van der Waals surface area contributed by atoms with Gasteiger partial charge in [0.1, 0.15) is 0 Å². The van der Waals surface area contributed by atoms with Gasteiger partial charge in [-0.25, -0.2) is 4.98 Å². The van der Waals surface area contributed by atoms with Crippen LogP contribution in [0.1, 0.15) is 31.2 Å². The topological polar surface area (TPSA) is 56.8 Å². The molecule has 178 valence electrons. The van der Waals surface area contributed by atoms with Gasteiger partial charge < -0.3 is 10.2 Å².